The molecule has 0 spiro atoms. The summed E-state index contributed by atoms with van der Waals surface area (Å²) in [7, 11) is 0. The topological polar surface area (TPSA) is 60.8 Å². The number of carbonyl (C=O) groups is 1. The molecular formula is C16H17NO3. The summed E-state index contributed by atoms with van der Waals surface area (Å²) < 4.78 is 0. The summed E-state index contributed by atoms with van der Waals surface area (Å²) in [6, 6.07) is 15.7. The SMILES string of the molecule is O=C(c1ccc(O)cc1)N(CCO)Cc1ccccc1. The second kappa shape index (κ2) is 6.73. The monoisotopic (exact) mass is 271 g/mol. The van der Waals surface area contributed by atoms with E-state index >= 15 is 0 Å². The molecule has 0 bridgehead atoms. The number of carbonyl (C=O) groups excluding carboxylic acids is 1. The Morgan fingerprint density at radius 3 is 2.25 bits per heavy atom. The lowest BCUT2D eigenvalue weighted by Crippen LogP contribution is -2.33. The molecule has 4 heteroatoms. The second-order valence-electron chi connectivity index (χ2n) is 4.48. The van der Waals surface area contributed by atoms with Gasteiger partial charge in [0.2, 0.25) is 0 Å². The lowest BCUT2D eigenvalue weighted by molar-refractivity contribution is 0.0708. The van der Waals surface area contributed by atoms with E-state index in [0.29, 0.717) is 12.1 Å². The first-order valence-electron chi connectivity index (χ1n) is 6.44. The van der Waals surface area contributed by atoms with E-state index in [4.69, 9.17) is 5.11 Å². The third-order valence-corrected chi connectivity index (χ3v) is 2.99. The normalized spacial score (nSPS) is 10.2. The van der Waals surface area contributed by atoms with Crippen LogP contribution in [0.1, 0.15) is 15.9 Å². The van der Waals surface area contributed by atoms with E-state index in [1.807, 2.05) is 30.3 Å². The molecule has 2 rings (SSSR count). The van der Waals surface area contributed by atoms with Crippen molar-refractivity contribution in [2.75, 3.05) is 13.2 Å². The van der Waals surface area contributed by atoms with Gasteiger partial charge >= 0.3 is 0 Å². The van der Waals surface area contributed by atoms with Gasteiger partial charge in [-0.05, 0) is 29.8 Å². The zero-order valence-corrected chi connectivity index (χ0v) is 11.1. The van der Waals surface area contributed by atoms with Crippen molar-refractivity contribution in [3.63, 3.8) is 0 Å². The number of hydrogen-bond acceptors (Lipinski definition) is 3. The minimum absolute atomic E-state index is 0.0866. The highest BCUT2D eigenvalue weighted by Gasteiger charge is 2.15. The first kappa shape index (κ1) is 14.1. The third kappa shape index (κ3) is 3.59. The number of rotatable bonds is 5. The van der Waals surface area contributed by atoms with Gasteiger partial charge in [-0.25, -0.2) is 0 Å². The van der Waals surface area contributed by atoms with Crippen LogP contribution in [0, 0.1) is 0 Å². The standard InChI is InChI=1S/C16H17NO3/c18-11-10-17(12-13-4-2-1-3-5-13)16(20)14-6-8-15(19)9-7-14/h1-9,18-19H,10-12H2. The first-order valence-corrected chi connectivity index (χ1v) is 6.44. The quantitative estimate of drug-likeness (QED) is 0.874. The van der Waals surface area contributed by atoms with Gasteiger partial charge in [0.15, 0.2) is 0 Å². The zero-order valence-electron chi connectivity index (χ0n) is 11.1. The Labute approximate surface area is 117 Å². The average molecular weight is 271 g/mol. The van der Waals surface area contributed by atoms with Gasteiger partial charge in [-0.3, -0.25) is 4.79 Å². The summed E-state index contributed by atoms with van der Waals surface area (Å²) in [6.07, 6.45) is 0. The molecule has 2 aromatic carbocycles. The number of nitrogens with zero attached hydrogens (tertiary/aromatic N) is 1. The van der Waals surface area contributed by atoms with E-state index in [2.05, 4.69) is 0 Å². The Kier molecular flexibility index (Phi) is 4.74. The first-order chi connectivity index (χ1) is 9.70. The number of aliphatic hydroxyl groups excluding tert-OH is 1. The van der Waals surface area contributed by atoms with Crippen molar-refractivity contribution < 1.29 is 15.0 Å². The molecule has 0 aliphatic rings. The fraction of sp³-hybridized carbons (Fsp3) is 0.188. The number of aromatic hydroxyl groups is 1. The summed E-state index contributed by atoms with van der Waals surface area (Å²) >= 11 is 0. The molecule has 0 heterocycles. The number of phenols is 1. The molecule has 2 aromatic rings. The molecule has 4 nitrogen and oxygen atoms in total. The van der Waals surface area contributed by atoms with Crippen LogP contribution >= 0.6 is 0 Å². The van der Waals surface area contributed by atoms with Gasteiger partial charge in [-0.1, -0.05) is 30.3 Å². The Morgan fingerprint density at radius 2 is 1.65 bits per heavy atom. The fourth-order valence-electron chi connectivity index (χ4n) is 1.96. The maximum absolute atomic E-state index is 12.4. The van der Waals surface area contributed by atoms with Crippen molar-refractivity contribution >= 4 is 5.91 Å². The van der Waals surface area contributed by atoms with Crippen LogP contribution in [0.15, 0.2) is 54.6 Å². The lowest BCUT2D eigenvalue weighted by atomic mass is 10.1. The number of aliphatic hydroxyl groups is 1. The Balaban J connectivity index is 2.15. The van der Waals surface area contributed by atoms with E-state index < -0.39 is 0 Å². The van der Waals surface area contributed by atoms with Crippen molar-refractivity contribution in [1.82, 2.24) is 4.90 Å². The molecule has 2 N–H and O–H groups in total. The Bertz CT molecular complexity index is 552. The molecule has 0 aromatic heterocycles. The molecule has 0 aliphatic heterocycles. The van der Waals surface area contributed by atoms with E-state index in [9.17, 15) is 9.90 Å². The minimum Gasteiger partial charge on any atom is -0.508 e. The average Bonchev–Trinajstić information content (AvgIpc) is 2.48. The molecule has 0 saturated heterocycles. The van der Waals surface area contributed by atoms with Gasteiger partial charge in [0.1, 0.15) is 5.75 Å². The molecule has 0 unspecified atom stereocenters. The smallest absolute Gasteiger partial charge is 0.254 e. The zero-order chi connectivity index (χ0) is 14.4. The fourth-order valence-corrected chi connectivity index (χ4v) is 1.96. The predicted octanol–water partition coefficient (Wildman–Crippen LogP) is 2.03. The molecule has 0 saturated carbocycles. The van der Waals surface area contributed by atoms with Gasteiger partial charge in [0.25, 0.3) is 5.91 Å². The summed E-state index contributed by atoms with van der Waals surface area (Å²) in [5.74, 6) is -0.0405. The molecule has 0 aliphatic carbocycles. The van der Waals surface area contributed by atoms with E-state index in [0.717, 1.165) is 5.56 Å². The van der Waals surface area contributed by atoms with Crippen LogP contribution in [-0.2, 0) is 6.54 Å². The van der Waals surface area contributed by atoms with E-state index in [1.165, 1.54) is 12.1 Å². The van der Waals surface area contributed by atoms with Crippen molar-refractivity contribution in [2.45, 2.75) is 6.54 Å². The molecule has 104 valence electrons. The number of benzene rings is 2. The second-order valence-corrected chi connectivity index (χ2v) is 4.48. The summed E-state index contributed by atoms with van der Waals surface area (Å²) in [5, 5.41) is 18.4. The molecular weight excluding hydrogens is 254 g/mol. The molecule has 0 radical (unpaired) electrons. The van der Waals surface area contributed by atoms with Crippen LogP contribution in [0.5, 0.6) is 5.75 Å². The van der Waals surface area contributed by atoms with E-state index in [1.54, 1.807) is 17.0 Å². The predicted molar refractivity (Wildman–Crippen MR) is 76.4 cm³/mol. The molecule has 1 amide bonds. The van der Waals surface area contributed by atoms with Crippen LogP contribution in [0.25, 0.3) is 0 Å². The van der Waals surface area contributed by atoms with Crippen LogP contribution in [0.2, 0.25) is 0 Å². The van der Waals surface area contributed by atoms with Crippen molar-refractivity contribution in [3.05, 3.63) is 65.7 Å². The third-order valence-electron chi connectivity index (χ3n) is 2.99. The lowest BCUT2D eigenvalue weighted by Gasteiger charge is -2.22. The van der Waals surface area contributed by atoms with Gasteiger partial charge < -0.3 is 15.1 Å². The number of hydrogen-bond donors (Lipinski definition) is 2. The van der Waals surface area contributed by atoms with Gasteiger partial charge in [-0.15, -0.1) is 0 Å². The maximum Gasteiger partial charge on any atom is 0.254 e. The highest BCUT2D eigenvalue weighted by Crippen LogP contribution is 2.13. The van der Waals surface area contributed by atoms with Crippen LogP contribution < -0.4 is 0 Å². The van der Waals surface area contributed by atoms with E-state index in [-0.39, 0.29) is 24.8 Å². The number of amides is 1. The summed E-state index contributed by atoms with van der Waals surface area (Å²) in [5.41, 5.74) is 1.50. The van der Waals surface area contributed by atoms with Crippen molar-refractivity contribution in [1.29, 1.82) is 0 Å². The maximum atomic E-state index is 12.4. The Hall–Kier alpha value is -2.33. The van der Waals surface area contributed by atoms with Gasteiger partial charge in [-0.2, -0.15) is 0 Å². The van der Waals surface area contributed by atoms with Crippen molar-refractivity contribution in [3.8, 4) is 5.75 Å². The van der Waals surface area contributed by atoms with Gasteiger partial charge in [0, 0.05) is 18.7 Å². The van der Waals surface area contributed by atoms with Crippen LogP contribution in [0.3, 0.4) is 0 Å². The minimum atomic E-state index is -0.164. The van der Waals surface area contributed by atoms with Crippen molar-refractivity contribution in [2.24, 2.45) is 0 Å². The summed E-state index contributed by atoms with van der Waals surface area (Å²) in [4.78, 5) is 14.0. The van der Waals surface area contributed by atoms with Crippen LogP contribution in [-0.4, -0.2) is 34.2 Å². The highest BCUT2D eigenvalue weighted by atomic mass is 16.3. The molecule has 0 atom stereocenters. The Morgan fingerprint density at radius 1 is 1.00 bits per heavy atom. The van der Waals surface area contributed by atoms with Crippen LogP contribution in [0.4, 0.5) is 0 Å². The van der Waals surface area contributed by atoms with Gasteiger partial charge in [0.05, 0.1) is 6.61 Å². The highest BCUT2D eigenvalue weighted by molar-refractivity contribution is 5.94. The molecule has 20 heavy (non-hydrogen) atoms. The largest absolute Gasteiger partial charge is 0.508 e. The number of phenolic OH excluding ortho intramolecular Hbond substituents is 1. The molecule has 0 fully saturated rings. The summed E-state index contributed by atoms with van der Waals surface area (Å²) in [6.45, 7) is 0.631.